The number of nitrogens with one attached hydrogen (secondary N) is 1. The van der Waals surface area contributed by atoms with Crippen molar-refractivity contribution < 1.29 is 9.59 Å². The summed E-state index contributed by atoms with van der Waals surface area (Å²) < 4.78 is 0. The van der Waals surface area contributed by atoms with Gasteiger partial charge >= 0.3 is 0 Å². The molecule has 7 nitrogen and oxygen atoms in total. The van der Waals surface area contributed by atoms with Crippen molar-refractivity contribution in [1.82, 2.24) is 14.8 Å². The number of nitrogens with zero attached hydrogens (tertiary/aromatic N) is 4. The lowest BCUT2D eigenvalue weighted by molar-refractivity contribution is -0.132. The molecule has 0 aliphatic carbocycles. The van der Waals surface area contributed by atoms with Crippen LogP contribution in [0.3, 0.4) is 0 Å². The Morgan fingerprint density at radius 1 is 1.03 bits per heavy atom. The van der Waals surface area contributed by atoms with Gasteiger partial charge in [0.25, 0.3) is 0 Å². The van der Waals surface area contributed by atoms with Gasteiger partial charge in [0, 0.05) is 64.6 Å². The largest absolute Gasteiger partial charge is 0.354 e. The van der Waals surface area contributed by atoms with Crippen molar-refractivity contribution in [2.24, 2.45) is 5.92 Å². The minimum Gasteiger partial charge on any atom is -0.354 e. The van der Waals surface area contributed by atoms with E-state index in [0.29, 0.717) is 12.3 Å². The van der Waals surface area contributed by atoms with Gasteiger partial charge in [-0.1, -0.05) is 18.2 Å². The molecular weight excluding hydrogens is 402 g/mol. The molecule has 1 unspecified atom stereocenters. The minimum absolute atomic E-state index is 0.0914. The molecule has 170 valence electrons. The van der Waals surface area contributed by atoms with Crippen LogP contribution in [0.25, 0.3) is 0 Å². The molecule has 1 aromatic carbocycles. The van der Waals surface area contributed by atoms with E-state index in [9.17, 15) is 9.59 Å². The normalized spacial score (nSPS) is 19.6. The molecule has 2 aromatic rings. The highest BCUT2D eigenvalue weighted by atomic mass is 16.2. The second-order valence-corrected chi connectivity index (χ2v) is 8.88. The number of hydrogen-bond acceptors (Lipinski definition) is 5. The zero-order chi connectivity index (χ0) is 22.3. The third-order valence-corrected chi connectivity index (χ3v) is 6.36. The van der Waals surface area contributed by atoms with Crippen molar-refractivity contribution in [2.45, 2.75) is 26.2 Å². The first kappa shape index (κ1) is 22.3. The Kier molecular flexibility index (Phi) is 7.37. The molecule has 0 bridgehead atoms. The maximum atomic E-state index is 12.9. The summed E-state index contributed by atoms with van der Waals surface area (Å²) in [6.07, 6.45) is 4.53. The fraction of sp³-hybridized carbons (Fsp3) is 0.480. The van der Waals surface area contributed by atoms with Gasteiger partial charge in [-0.25, -0.2) is 4.98 Å². The average Bonchev–Trinajstić information content (AvgIpc) is 2.81. The van der Waals surface area contributed by atoms with E-state index < -0.39 is 0 Å². The Labute approximate surface area is 190 Å². The highest BCUT2D eigenvalue weighted by Gasteiger charge is 2.27. The molecule has 7 heteroatoms. The molecule has 0 spiro atoms. The van der Waals surface area contributed by atoms with Crippen molar-refractivity contribution >= 4 is 23.3 Å². The standard InChI is InChI=1S/C25H33N5O2/c1-20(31)27-23-9-7-21(8-10-23)17-25(32)30-12-4-5-22(19-30)18-28-13-15-29(16-14-28)24-6-2-3-11-26-24/h2-3,6-11,22H,4-5,12-19H2,1H3,(H,27,31). The topological polar surface area (TPSA) is 68.8 Å². The van der Waals surface area contributed by atoms with E-state index >= 15 is 0 Å². The third-order valence-electron chi connectivity index (χ3n) is 6.36. The van der Waals surface area contributed by atoms with Gasteiger partial charge in [0.05, 0.1) is 6.42 Å². The van der Waals surface area contributed by atoms with Crippen LogP contribution in [-0.2, 0) is 16.0 Å². The fourth-order valence-corrected chi connectivity index (χ4v) is 4.70. The number of hydrogen-bond donors (Lipinski definition) is 1. The number of pyridine rings is 1. The number of amides is 2. The molecule has 32 heavy (non-hydrogen) atoms. The lowest BCUT2D eigenvalue weighted by atomic mass is 9.96. The lowest BCUT2D eigenvalue weighted by Gasteiger charge is -2.39. The van der Waals surface area contributed by atoms with Crippen LogP contribution in [0.5, 0.6) is 0 Å². The summed E-state index contributed by atoms with van der Waals surface area (Å²) in [6, 6.07) is 13.6. The van der Waals surface area contributed by atoms with Crippen LogP contribution in [0.2, 0.25) is 0 Å². The zero-order valence-electron chi connectivity index (χ0n) is 18.9. The first-order valence-electron chi connectivity index (χ1n) is 11.6. The van der Waals surface area contributed by atoms with Gasteiger partial charge in [0.15, 0.2) is 0 Å². The lowest BCUT2D eigenvalue weighted by Crippen LogP contribution is -2.50. The maximum Gasteiger partial charge on any atom is 0.226 e. The van der Waals surface area contributed by atoms with Crippen LogP contribution in [-0.4, -0.2) is 72.4 Å². The van der Waals surface area contributed by atoms with Crippen LogP contribution in [0.1, 0.15) is 25.3 Å². The Morgan fingerprint density at radius 3 is 2.50 bits per heavy atom. The molecule has 3 heterocycles. The fourth-order valence-electron chi connectivity index (χ4n) is 4.70. The van der Waals surface area contributed by atoms with Crippen LogP contribution in [0, 0.1) is 5.92 Å². The van der Waals surface area contributed by atoms with Gasteiger partial charge in [-0.15, -0.1) is 0 Å². The summed E-state index contributed by atoms with van der Waals surface area (Å²) in [7, 11) is 0. The molecule has 2 aliphatic rings. The predicted octanol–water partition coefficient (Wildman–Crippen LogP) is 2.64. The molecule has 1 aromatic heterocycles. The van der Waals surface area contributed by atoms with Crippen LogP contribution in [0.4, 0.5) is 11.5 Å². The summed E-state index contributed by atoms with van der Waals surface area (Å²) in [6.45, 7) is 8.34. The molecule has 4 rings (SSSR count). The van der Waals surface area contributed by atoms with E-state index in [0.717, 1.165) is 69.3 Å². The highest BCUT2D eigenvalue weighted by Crippen LogP contribution is 2.21. The van der Waals surface area contributed by atoms with Gasteiger partial charge < -0.3 is 15.1 Å². The van der Waals surface area contributed by atoms with E-state index in [1.807, 2.05) is 47.5 Å². The molecule has 1 N–H and O–H groups in total. The summed E-state index contributed by atoms with van der Waals surface area (Å²) in [5.74, 6) is 1.70. The smallest absolute Gasteiger partial charge is 0.226 e. The molecule has 0 saturated carbocycles. The molecular formula is C25H33N5O2. The number of piperazine rings is 1. The molecule has 1 atom stereocenters. The van der Waals surface area contributed by atoms with Crippen molar-refractivity contribution in [3.8, 4) is 0 Å². The third kappa shape index (κ3) is 6.07. The van der Waals surface area contributed by atoms with Crippen molar-refractivity contribution in [3.63, 3.8) is 0 Å². The summed E-state index contributed by atoms with van der Waals surface area (Å²) in [4.78, 5) is 35.5. The van der Waals surface area contributed by atoms with E-state index in [2.05, 4.69) is 26.2 Å². The number of carbonyl (C=O) groups excluding carboxylic acids is 2. The number of piperidine rings is 1. The van der Waals surface area contributed by atoms with Gasteiger partial charge in [0.2, 0.25) is 11.8 Å². The number of rotatable bonds is 6. The second kappa shape index (κ2) is 10.6. The zero-order valence-corrected chi connectivity index (χ0v) is 18.9. The summed E-state index contributed by atoms with van der Waals surface area (Å²) in [5, 5.41) is 2.76. The molecule has 2 saturated heterocycles. The van der Waals surface area contributed by atoms with Gasteiger partial charge in [0.1, 0.15) is 5.82 Å². The monoisotopic (exact) mass is 435 g/mol. The second-order valence-electron chi connectivity index (χ2n) is 8.88. The SMILES string of the molecule is CC(=O)Nc1ccc(CC(=O)N2CCCC(CN3CCN(c4ccccn4)CC3)C2)cc1. The Hall–Kier alpha value is -2.93. The first-order valence-corrected chi connectivity index (χ1v) is 11.6. The molecule has 2 fully saturated rings. The van der Waals surface area contributed by atoms with Gasteiger partial charge in [-0.2, -0.15) is 0 Å². The maximum absolute atomic E-state index is 12.9. The van der Waals surface area contributed by atoms with Crippen LogP contribution < -0.4 is 10.2 Å². The van der Waals surface area contributed by atoms with Crippen LogP contribution >= 0.6 is 0 Å². The molecule has 2 aliphatic heterocycles. The van der Waals surface area contributed by atoms with Crippen molar-refractivity contribution in [3.05, 3.63) is 54.2 Å². The summed E-state index contributed by atoms with van der Waals surface area (Å²) >= 11 is 0. The Morgan fingerprint density at radius 2 is 1.81 bits per heavy atom. The molecule has 2 amide bonds. The number of aromatic nitrogens is 1. The van der Waals surface area contributed by atoms with Crippen molar-refractivity contribution in [1.29, 1.82) is 0 Å². The van der Waals surface area contributed by atoms with E-state index in [-0.39, 0.29) is 11.8 Å². The average molecular weight is 436 g/mol. The Bertz CT molecular complexity index is 894. The van der Waals surface area contributed by atoms with Crippen molar-refractivity contribution in [2.75, 3.05) is 56.0 Å². The highest BCUT2D eigenvalue weighted by molar-refractivity contribution is 5.88. The van der Waals surface area contributed by atoms with Crippen LogP contribution in [0.15, 0.2) is 48.7 Å². The van der Waals surface area contributed by atoms with E-state index in [4.69, 9.17) is 0 Å². The Balaban J connectivity index is 1.23. The number of anilines is 2. The number of likely N-dealkylation sites (tertiary alicyclic amines) is 1. The number of carbonyl (C=O) groups is 2. The minimum atomic E-state index is -0.0914. The summed E-state index contributed by atoms with van der Waals surface area (Å²) in [5.41, 5.74) is 1.74. The van der Waals surface area contributed by atoms with E-state index in [1.165, 1.54) is 13.3 Å². The van der Waals surface area contributed by atoms with Gasteiger partial charge in [-0.3, -0.25) is 14.5 Å². The molecule has 0 radical (unpaired) electrons. The predicted molar refractivity (Wildman–Crippen MR) is 127 cm³/mol. The number of benzene rings is 1. The quantitative estimate of drug-likeness (QED) is 0.756. The van der Waals surface area contributed by atoms with Gasteiger partial charge in [-0.05, 0) is 48.6 Å². The first-order chi connectivity index (χ1) is 15.6. The van der Waals surface area contributed by atoms with E-state index in [1.54, 1.807) is 0 Å².